The van der Waals surface area contributed by atoms with Crippen LogP contribution in [0.1, 0.15) is 32.4 Å². The highest BCUT2D eigenvalue weighted by molar-refractivity contribution is 5.87. The van der Waals surface area contributed by atoms with Crippen molar-refractivity contribution >= 4 is 11.8 Å². The number of ether oxygens (including phenoxy) is 1. The fourth-order valence-corrected chi connectivity index (χ4v) is 3.09. The summed E-state index contributed by atoms with van der Waals surface area (Å²) in [6, 6.07) is 5.70. The Kier molecular flexibility index (Phi) is 7.53. The van der Waals surface area contributed by atoms with Crippen LogP contribution in [0.5, 0.6) is 0 Å². The Labute approximate surface area is 154 Å². The minimum atomic E-state index is -0.578. The van der Waals surface area contributed by atoms with Crippen molar-refractivity contribution in [3.63, 3.8) is 0 Å². The summed E-state index contributed by atoms with van der Waals surface area (Å²) in [4.78, 5) is 26.1. The molecule has 1 aliphatic rings. The number of halogens is 1. The quantitative estimate of drug-likeness (QED) is 0.768. The van der Waals surface area contributed by atoms with Crippen molar-refractivity contribution in [3.8, 4) is 0 Å². The smallest absolute Gasteiger partial charge is 0.242 e. The van der Waals surface area contributed by atoms with Crippen LogP contribution in [0.3, 0.4) is 0 Å². The molecule has 1 aromatic carbocycles. The zero-order chi connectivity index (χ0) is 19.1. The van der Waals surface area contributed by atoms with Crippen LogP contribution >= 0.6 is 0 Å². The summed E-state index contributed by atoms with van der Waals surface area (Å²) in [5.41, 5.74) is 0.939. The summed E-state index contributed by atoms with van der Waals surface area (Å²) >= 11 is 0. The molecule has 1 aromatic rings. The molecule has 1 saturated heterocycles. The maximum atomic E-state index is 13.3. The summed E-state index contributed by atoms with van der Waals surface area (Å²) in [6.07, 6.45) is 0. The largest absolute Gasteiger partial charge is 0.379 e. The van der Waals surface area contributed by atoms with Crippen molar-refractivity contribution in [2.75, 3.05) is 32.8 Å². The predicted molar refractivity (Wildman–Crippen MR) is 97.0 cm³/mol. The van der Waals surface area contributed by atoms with E-state index >= 15 is 0 Å². The van der Waals surface area contributed by atoms with Gasteiger partial charge in [-0.15, -0.1) is 0 Å². The van der Waals surface area contributed by atoms with Gasteiger partial charge in [0.05, 0.1) is 19.3 Å². The Balaban J connectivity index is 2.09. The van der Waals surface area contributed by atoms with Crippen LogP contribution in [0.15, 0.2) is 24.3 Å². The van der Waals surface area contributed by atoms with E-state index in [4.69, 9.17) is 4.74 Å². The standard InChI is InChI=1S/C19H28FN3O3/c1-13(2)18(22-14(3)24)19(25)21-12-17(23-8-10-26-11-9-23)15-4-6-16(20)7-5-15/h4-7,13,17-18H,8-12H2,1-3H3,(H,21,25)(H,22,24)/t17-,18-/m1/s1. The number of nitrogens with one attached hydrogen (secondary N) is 2. The first kappa shape index (κ1) is 20.3. The molecule has 1 fully saturated rings. The van der Waals surface area contributed by atoms with Gasteiger partial charge in [0.2, 0.25) is 11.8 Å². The van der Waals surface area contributed by atoms with Gasteiger partial charge in [0, 0.05) is 26.6 Å². The molecular weight excluding hydrogens is 337 g/mol. The Bertz CT molecular complexity index is 601. The van der Waals surface area contributed by atoms with Crippen LogP contribution in [0.2, 0.25) is 0 Å². The normalized spacial score (nSPS) is 17.6. The number of benzene rings is 1. The van der Waals surface area contributed by atoms with Crippen molar-refractivity contribution < 1.29 is 18.7 Å². The van der Waals surface area contributed by atoms with Crippen LogP contribution in [0.25, 0.3) is 0 Å². The minimum absolute atomic E-state index is 0.0217. The maximum absolute atomic E-state index is 13.3. The molecule has 0 saturated carbocycles. The molecule has 0 spiro atoms. The molecule has 7 heteroatoms. The fraction of sp³-hybridized carbons (Fsp3) is 0.579. The summed E-state index contributed by atoms with van der Waals surface area (Å²) in [5, 5.41) is 5.65. The Hall–Kier alpha value is -1.99. The maximum Gasteiger partial charge on any atom is 0.242 e. The highest BCUT2D eigenvalue weighted by atomic mass is 19.1. The van der Waals surface area contributed by atoms with Crippen molar-refractivity contribution in [2.45, 2.75) is 32.9 Å². The number of amides is 2. The lowest BCUT2D eigenvalue weighted by Gasteiger charge is -2.35. The average molecular weight is 365 g/mol. The monoisotopic (exact) mass is 365 g/mol. The van der Waals surface area contributed by atoms with E-state index < -0.39 is 6.04 Å². The van der Waals surface area contributed by atoms with E-state index in [-0.39, 0.29) is 29.6 Å². The Morgan fingerprint density at radius 1 is 1.19 bits per heavy atom. The molecule has 2 amide bonds. The van der Waals surface area contributed by atoms with Crippen LogP contribution < -0.4 is 10.6 Å². The Morgan fingerprint density at radius 2 is 1.81 bits per heavy atom. The van der Waals surface area contributed by atoms with Crippen molar-refractivity contribution in [1.82, 2.24) is 15.5 Å². The van der Waals surface area contributed by atoms with Gasteiger partial charge in [-0.2, -0.15) is 0 Å². The Morgan fingerprint density at radius 3 is 2.35 bits per heavy atom. The minimum Gasteiger partial charge on any atom is -0.379 e. The second-order valence-electron chi connectivity index (χ2n) is 6.88. The third kappa shape index (κ3) is 5.78. The summed E-state index contributed by atoms with van der Waals surface area (Å²) in [5.74, 6) is -0.756. The number of rotatable bonds is 7. The molecule has 2 N–H and O–H groups in total. The molecule has 2 rings (SSSR count). The number of nitrogens with zero attached hydrogens (tertiary/aromatic N) is 1. The van der Waals surface area contributed by atoms with E-state index in [1.807, 2.05) is 13.8 Å². The van der Waals surface area contributed by atoms with Gasteiger partial charge < -0.3 is 15.4 Å². The number of carbonyl (C=O) groups excluding carboxylic acids is 2. The average Bonchev–Trinajstić information content (AvgIpc) is 2.61. The first-order chi connectivity index (χ1) is 12.4. The fourth-order valence-electron chi connectivity index (χ4n) is 3.09. The van der Waals surface area contributed by atoms with Crippen LogP contribution in [-0.4, -0.2) is 55.6 Å². The van der Waals surface area contributed by atoms with Gasteiger partial charge in [0.25, 0.3) is 0 Å². The second-order valence-corrected chi connectivity index (χ2v) is 6.88. The first-order valence-electron chi connectivity index (χ1n) is 9.00. The summed E-state index contributed by atoms with van der Waals surface area (Å²) < 4.78 is 18.7. The number of hydrogen-bond acceptors (Lipinski definition) is 4. The zero-order valence-electron chi connectivity index (χ0n) is 15.6. The molecule has 1 heterocycles. The van der Waals surface area contributed by atoms with Gasteiger partial charge in [-0.25, -0.2) is 4.39 Å². The molecule has 0 aliphatic carbocycles. The van der Waals surface area contributed by atoms with E-state index in [1.165, 1.54) is 19.1 Å². The molecular formula is C19H28FN3O3. The van der Waals surface area contributed by atoms with Gasteiger partial charge >= 0.3 is 0 Å². The van der Waals surface area contributed by atoms with Gasteiger partial charge in [-0.05, 0) is 23.6 Å². The highest BCUT2D eigenvalue weighted by Crippen LogP contribution is 2.22. The molecule has 2 atom stereocenters. The van der Waals surface area contributed by atoms with Crippen molar-refractivity contribution in [1.29, 1.82) is 0 Å². The molecule has 0 radical (unpaired) electrons. The molecule has 26 heavy (non-hydrogen) atoms. The molecule has 0 unspecified atom stereocenters. The topological polar surface area (TPSA) is 70.7 Å². The summed E-state index contributed by atoms with van der Waals surface area (Å²) in [7, 11) is 0. The van der Waals surface area contributed by atoms with Crippen molar-refractivity contribution in [2.24, 2.45) is 5.92 Å². The van der Waals surface area contributed by atoms with E-state index in [2.05, 4.69) is 15.5 Å². The molecule has 1 aliphatic heterocycles. The lowest BCUT2D eigenvalue weighted by molar-refractivity contribution is -0.129. The van der Waals surface area contributed by atoms with Gasteiger partial charge in [-0.3, -0.25) is 14.5 Å². The van der Waals surface area contributed by atoms with Crippen LogP contribution in [0, 0.1) is 11.7 Å². The van der Waals surface area contributed by atoms with Crippen LogP contribution in [0.4, 0.5) is 4.39 Å². The molecule has 0 aromatic heterocycles. The van der Waals surface area contributed by atoms with Crippen LogP contribution in [-0.2, 0) is 14.3 Å². The SMILES string of the molecule is CC(=O)N[C@@H](C(=O)NC[C@H](c1ccc(F)cc1)N1CCOCC1)C(C)C. The van der Waals surface area contributed by atoms with Gasteiger partial charge in [0.1, 0.15) is 11.9 Å². The van der Waals surface area contributed by atoms with E-state index in [0.29, 0.717) is 19.8 Å². The zero-order valence-corrected chi connectivity index (χ0v) is 15.6. The number of hydrogen-bond donors (Lipinski definition) is 2. The highest BCUT2D eigenvalue weighted by Gasteiger charge is 2.27. The summed E-state index contributed by atoms with van der Waals surface area (Å²) in [6.45, 7) is 8.32. The molecule has 144 valence electrons. The van der Waals surface area contributed by atoms with Gasteiger partial charge in [-0.1, -0.05) is 26.0 Å². The lowest BCUT2D eigenvalue weighted by atomic mass is 10.0. The van der Waals surface area contributed by atoms with Gasteiger partial charge in [0.15, 0.2) is 0 Å². The first-order valence-corrected chi connectivity index (χ1v) is 9.00. The lowest BCUT2D eigenvalue weighted by Crippen LogP contribution is -2.51. The third-order valence-corrected chi connectivity index (χ3v) is 4.52. The molecule has 6 nitrogen and oxygen atoms in total. The third-order valence-electron chi connectivity index (χ3n) is 4.52. The second kappa shape index (κ2) is 9.64. The van der Waals surface area contributed by atoms with E-state index in [9.17, 15) is 14.0 Å². The number of morpholine rings is 1. The van der Waals surface area contributed by atoms with E-state index in [0.717, 1.165) is 18.7 Å². The van der Waals surface area contributed by atoms with E-state index in [1.54, 1.807) is 12.1 Å². The predicted octanol–water partition coefficient (Wildman–Crippen LogP) is 1.48. The molecule has 0 bridgehead atoms. The number of carbonyl (C=O) groups is 2. The van der Waals surface area contributed by atoms with Crippen molar-refractivity contribution in [3.05, 3.63) is 35.6 Å².